The Balaban J connectivity index is 2.14. The highest BCUT2D eigenvalue weighted by Gasteiger charge is 2.22. The number of aliphatic carboxylic acids is 2. The summed E-state index contributed by atoms with van der Waals surface area (Å²) in [6.07, 6.45) is 1.68. The number of rotatable bonds is 26. The van der Waals surface area contributed by atoms with Gasteiger partial charge in [0.1, 0.15) is 24.5 Å². The number of hydrogen-bond acceptors (Lipinski definition) is 10. The van der Waals surface area contributed by atoms with Gasteiger partial charge in [0, 0.05) is 43.7 Å². The quantitative estimate of drug-likeness (QED) is 0.0523. The van der Waals surface area contributed by atoms with Crippen molar-refractivity contribution in [1.29, 1.82) is 0 Å². The molecule has 4 amide bonds. The van der Waals surface area contributed by atoms with Crippen LogP contribution in [0.25, 0.3) is 0 Å². The van der Waals surface area contributed by atoms with Gasteiger partial charge in [-0.15, -0.1) is 0 Å². The predicted octanol–water partition coefficient (Wildman–Crippen LogP) is 0.372. The average molecular weight is 666 g/mol. The molecule has 0 saturated carbocycles. The molecule has 0 spiro atoms. The van der Waals surface area contributed by atoms with Crippen LogP contribution in [0.3, 0.4) is 0 Å². The zero-order valence-corrected chi connectivity index (χ0v) is 26.7. The Morgan fingerprint density at radius 3 is 2.04 bits per heavy atom. The van der Waals surface area contributed by atoms with E-state index in [2.05, 4.69) is 16.0 Å². The number of carboxylic acids is 2. The molecule has 0 radical (unpaired) electrons. The van der Waals surface area contributed by atoms with Gasteiger partial charge in [0.2, 0.25) is 17.7 Å². The Bertz CT molecular complexity index is 1190. The molecule has 0 saturated heterocycles. The number of nitrogens with one attached hydrogen (secondary N) is 3. The van der Waals surface area contributed by atoms with Gasteiger partial charge in [-0.1, -0.05) is 6.92 Å². The highest BCUT2D eigenvalue weighted by molar-refractivity contribution is 5.94. The van der Waals surface area contributed by atoms with Gasteiger partial charge in [-0.25, -0.2) is 4.79 Å². The number of benzene rings is 1. The van der Waals surface area contributed by atoms with Gasteiger partial charge in [0.15, 0.2) is 0 Å². The molecule has 0 bridgehead atoms. The molecule has 0 fully saturated rings. The van der Waals surface area contributed by atoms with Gasteiger partial charge in [-0.2, -0.15) is 0 Å². The van der Waals surface area contributed by atoms with E-state index in [-0.39, 0.29) is 70.2 Å². The van der Waals surface area contributed by atoms with Crippen molar-refractivity contribution in [3.63, 3.8) is 0 Å². The number of unbranched alkanes of at least 4 members (excludes halogenated alkanes) is 1. The van der Waals surface area contributed by atoms with E-state index >= 15 is 0 Å². The number of primary amides is 1. The van der Waals surface area contributed by atoms with Gasteiger partial charge in [0.25, 0.3) is 5.91 Å². The van der Waals surface area contributed by atoms with Crippen LogP contribution in [0.15, 0.2) is 24.3 Å². The van der Waals surface area contributed by atoms with Crippen LogP contribution in [0.4, 0.5) is 5.69 Å². The van der Waals surface area contributed by atoms with E-state index in [1.54, 1.807) is 24.3 Å². The van der Waals surface area contributed by atoms with Crippen LogP contribution in [-0.4, -0.2) is 96.6 Å². The maximum absolute atomic E-state index is 12.2. The van der Waals surface area contributed by atoms with Crippen molar-refractivity contribution < 1.29 is 53.2 Å². The highest BCUT2D eigenvalue weighted by atomic mass is 16.5. The van der Waals surface area contributed by atoms with Crippen LogP contribution >= 0.6 is 0 Å². The Morgan fingerprint density at radius 1 is 0.745 bits per heavy atom. The maximum atomic E-state index is 12.2. The Kier molecular flexibility index (Phi) is 19.7. The second kappa shape index (κ2) is 22.9. The average Bonchev–Trinajstić information content (AvgIpc) is 3.02. The fraction of sp³-hybridized carbons (Fsp3) is 0.581. The second-order valence-corrected chi connectivity index (χ2v) is 11.0. The van der Waals surface area contributed by atoms with E-state index in [1.807, 2.05) is 0 Å². The van der Waals surface area contributed by atoms with Crippen LogP contribution in [0, 0.1) is 5.92 Å². The van der Waals surface area contributed by atoms with Crippen LogP contribution in [-0.2, 0) is 38.2 Å². The van der Waals surface area contributed by atoms with Crippen LogP contribution in [0.5, 0.6) is 0 Å². The van der Waals surface area contributed by atoms with Gasteiger partial charge in [-0.3, -0.25) is 28.8 Å². The molecule has 1 aromatic carbocycles. The lowest BCUT2D eigenvalue weighted by atomic mass is 10.0. The van der Waals surface area contributed by atoms with Crippen molar-refractivity contribution in [1.82, 2.24) is 16.0 Å². The third kappa shape index (κ3) is 18.9. The SMILES string of the molecule is C[C@@H](CCC(=O)NC(CCC(=O)CCCOCCOCC(=O)N[C@@H](CCCCNC(=O)c1ccc(N)cc1)C(N)=O)C(=O)O)C(=O)O. The number of carbonyl (C=O) groups is 7. The number of hydrogen-bond donors (Lipinski definition) is 7. The minimum atomic E-state index is -1.28. The standard InChI is InChI=1S/C31H47N5O11/c1-20(30(42)43)7-14-26(38)36-25(31(44)45)13-12-23(37)5-4-16-46-17-18-47-19-27(39)35-24(28(33)40)6-2-3-15-34-29(41)21-8-10-22(32)11-9-21/h8-11,20,24-25H,2-7,12-19,32H2,1H3,(H2,33,40)(H,34,41)(H,35,39)(H,36,38)(H,42,43)(H,44,45)/t20-,24-,25?/m0/s1. The number of Topliss-reactive ketones (excluding diaryl/α,β-unsaturated/α-hetero) is 1. The van der Waals surface area contributed by atoms with E-state index < -0.39 is 47.7 Å². The van der Waals surface area contributed by atoms with Crippen molar-refractivity contribution >= 4 is 47.0 Å². The third-order valence-electron chi connectivity index (χ3n) is 6.98. The van der Waals surface area contributed by atoms with E-state index in [9.17, 15) is 38.7 Å². The van der Waals surface area contributed by atoms with Crippen molar-refractivity contribution in [2.75, 3.05) is 38.7 Å². The molecule has 16 heteroatoms. The molecule has 47 heavy (non-hydrogen) atoms. The first-order chi connectivity index (χ1) is 22.3. The van der Waals surface area contributed by atoms with Crippen LogP contribution in [0.1, 0.15) is 75.1 Å². The lowest BCUT2D eigenvalue weighted by molar-refractivity contribution is -0.143. The number of carboxylic acid groups (broad SMARTS) is 2. The summed E-state index contributed by atoms with van der Waals surface area (Å²) in [6, 6.07) is 4.36. The summed E-state index contributed by atoms with van der Waals surface area (Å²) in [5, 5.41) is 25.8. The molecule has 1 rings (SSSR count). The van der Waals surface area contributed by atoms with Gasteiger partial charge >= 0.3 is 11.9 Å². The summed E-state index contributed by atoms with van der Waals surface area (Å²) in [5.41, 5.74) is 12.0. The Hall–Kier alpha value is -4.57. The van der Waals surface area contributed by atoms with Crippen molar-refractivity contribution in [3.8, 4) is 0 Å². The number of nitrogens with two attached hydrogens (primary N) is 2. The van der Waals surface area contributed by atoms with E-state index in [0.29, 0.717) is 43.5 Å². The lowest BCUT2D eigenvalue weighted by Gasteiger charge is -2.15. The Morgan fingerprint density at radius 2 is 1.40 bits per heavy atom. The highest BCUT2D eigenvalue weighted by Crippen LogP contribution is 2.08. The first kappa shape index (κ1) is 40.5. The largest absolute Gasteiger partial charge is 0.481 e. The fourth-order valence-corrected chi connectivity index (χ4v) is 4.11. The zero-order chi connectivity index (χ0) is 35.2. The number of anilines is 1. The molecule has 16 nitrogen and oxygen atoms in total. The van der Waals surface area contributed by atoms with E-state index in [4.69, 9.17) is 26.0 Å². The Labute approximate surface area is 273 Å². The smallest absolute Gasteiger partial charge is 0.326 e. The summed E-state index contributed by atoms with van der Waals surface area (Å²) < 4.78 is 10.6. The molecule has 3 atom stereocenters. The topological polar surface area (TPSA) is 267 Å². The van der Waals surface area contributed by atoms with Gasteiger partial charge in [0.05, 0.1) is 19.1 Å². The molecule has 0 aliphatic heterocycles. The molecular formula is C31H47N5O11. The minimum absolute atomic E-state index is 0.0611. The predicted molar refractivity (Wildman–Crippen MR) is 169 cm³/mol. The molecule has 1 unspecified atom stereocenters. The van der Waals surface area contributed by atoms with Crippen molar-refractivity contribution in [3.05, 3.63) is 29.8 Å². The second-order valence-electron chi connectivity index (χ2n) is 11.0. The maximum Gasteiger partial charge on any atom is 0.326 e. The zero-order valence-electron chi connectivity index (χ0n) is 26.7. The van der Waals surface area contributed by atoms with Crippen LogP contribution < -0.4 is 27.4 Å². The van der Waals surface area contributed by atoms with Crippen LogP contribution in [0.2, 0.25) is 0 Å². The number of nitrogen functional groups attached to an aromatic ring is 1. The summed E-state index contributed by atoms with van der Waals surface area (Å²) in [6.45, 7) is 1.97. The van der Waals surface area contributed by atoms with Crippen molar-refractivity contribution in [2.45, 2.75) is 76.8 Å². The number of carbonyl (C=O) groups excluding carboxylic acids is 5. The van der Waals surface area contributed by atoms with E-state index in [1.165, 1.54) is 6.92 Å². The van der Waals surface area contributed by atoms with Crippen molar-refractivity contribution in [2.24, 2.45) is 11.7 Å². The molecule has 0 aliphatic rings. The summed E-state index contributed by atoms with van der Waals surface area (Å²) in [4.78, 5) is 82.3. The number of ketones is 1. The van der Waals surface area contributed by atoms with E-state index in [0.717, 1.165) is 0 Å². The van der Waals surface area contributed by atoms with Gasteiger partial charge < -0.3 is 47.1 Å². The third-order valence-corrected chi connectivity index (χ3v) is 6.98. The molecule has 0 heterocycles. The summed E-state index contributed by atoms with van der Waals surface area (Å²) in [7, 11) is 0. The first-order valence-electron chi connectivity index (χ1n) is 15.4. The fourth-order valence-electron chi connectivity index (χ4n) is 4.11. The minimum Gasteiger partial charge on any atom is -0.481 e. The molecule has 0 aliphatic carbocycles. The summed E-state index contributed by atoms with van der Waals surface area (Å²) in [5.74, 6) is -5.32. The monoisotopic (exact) mass is 665 g/mol. The van der Waals surface area contributed by atoms with Gasteiger partial charge in [-0.05, 0) is 62.8 Å². The first-order valence-corrected chi connectivity index (χ1v) is 15.4. The number of amides is 4. The molecule has 262 valence electrons. The lowest BCUT2D eigenvalue weighted by Crippen LogP contribution is -2.45. The molecule has 9 N–H and O–H groups in total. The summed E-state index contributed by atoms with van der Waals surface area (Å²) >= 11 is 0. The normalized spacial score (nSPS) is 12.7. The molecular weight excluding hydrogens is 618 g/mol. The number of ether oxygens (including phenoxy) is 2. The molecule has 1 aromatic rings. The molecule has 0 aromatic heterocycles.